The zero-order valence-corrected chi connectivity index (χ0v) is 11.0. The van der Waals surface area contributed by atoms with Crippen LogP contribution in [-0.2, 0) is 6.54 Å². The van der Waals surface area contributed by atoms with Crippen molar-refractivity contribution in [1.29, 1.82) is 0 Å². The Bertz CT molecular complexity index is 531. The maximum atomic E-state index is 4.62. The van der Waals surface area contributed by atoms with Gasteiger partial charge in [-0.3, -0.25) is 9.30 Å². The summed E-state index contributed by atoms with van der Waals surface area (Å²) in [6.45, 7) is 3.24. The highest BCUT2D eigenvalue weighted by Gasteiger charge is 2.34. The molecule has 5 nitrogen and oxygen atoms in total. The number of hydrogen-bond donors (Lipinski definition) is 1. The number of nitrogens with one attached hydrogen (secondary N) is 1. The van der Waals surface area contributed by atoms with Crippen LogP contribution in [0.25, 0.3) is 5.78 Å². The molecule has 19 heavy (non-hydrogen) atoms. The van der Waals surface area contributed by atoms with Gasteiger partial charge in [0.15, 0.2) is 0 Å². The van der Waals surface area contributed by atoms with Gasteiger partial charge >= 0.3 is 0 Å². The van der Waals surface area contributed by atoms with E-state index >= 15 is 0 Å². The predicted octanol–water partition coefficient (Wildman–Crippen LogP) is 1.06. The van der Waals surface area contributed by atoms with E-state index in [0.29, 0.717) is 6.04 Å². The van der Waals surface area contributed by atoms with Gasteiger partial charge in [-0.05, 0) is 31.9 Å². The first-order valence-corrected chi connectivity index (χ1v) is 7.15. The van der Waals surface area contributed by atoms with Crippen molar-refractivity contribution >= 4 is 5.78 Å². The summed E-state index contributed by atoms with van der Waals surface area (Å²) in [6.07, 6.45) is 9.85. The molecule has 4 heterocycles. The van der Waals surface area contributed by atoms with Gasteiger partial charge in [0.2, 0.25) is 5.78 Å². The Morgan fingerprint density at radius 2 is 2.21 bits per heavy atom. The topological polar surface area (TPSA) is 45.5 Å². The first-order valence-electron chi connectivity index (χ1n) is 7.15. The first-order chi connectivity index (χ1) is 9.40. The highest BCUT2D eigenvalue weighted by atomic mass is 15.2. The van der Waals surface area contributed by atoms with Gasteiger partial charge in [-0.2, -0.15) is 0 Å². The summed E-state index contributed by atoms with van der Waals surface area (Å²) in [4.78, 5) is 11.6. The van der Waals surface area contributed by atoms with E-state index in [-0.39, 0.29) is 0 Å². The van der Waals surface area contributed by atoms with Crippen LogP contribution in [0, 0.1) is 0 Å². The van der Waals surface area contributed by atoms with Gasteiger partial charge in [-0.15, -0.1) is 0 Å². The quantitative estimate of drug-likeness (QED) is 0.873. The minimum atomic E-state index is 0.685. The molecular formula is C14H19N5. The predicted molar refractivity (Wildman–Crippen MR) is 72.8 cm³/mol. The lowest BCUT2D eigenvalue weighted by molar-refractivity contribution is 0.191. The molecule has 5 heteroatoms. The van der Waals surface area contributed by atoms with E-state index in [1.807, 2.05) is 16.7 Å². The van der Waals surface area contributed by atoms with E-state index < -0.39 is 0 Å². The van der Waals surface area contributed by atoms with E-state index in [1.54, 1.807) is 6.20 Å². The van der Waals surface area contributed by atoms with Crippen molar-refractivity contribution in [3.8, 4) is 0 Å². The maximum absolute atomic E-state index is 4.62. The molecule has 2 fully saturated rings. The van der Waals surface area contributed by atoms with Crippen LogP contribution in [0.4, 0.5) is 0 Å². The minimum Gasteiger partial charge on any atom is -0.315 e. The molecule has 0 aromatic carbocycles. The van der Waals surface area contributed by atoms with Crippen molar-refractivity contribution in [3.05, 3.63) is 30.4 Å². The number of fused-ring (bicyclic) bond motifs is 3. The normalized spacial score (nSPS) is 27.8. The molecule has 100 valence electrons. The number of aromatic nitrogens is 3. The molecule has 2 aliphatic rings. The zero-order valence-electron chi connectivity index (χ0n) is 11.0. The van der Waals surface area contributed by atoms with Crippen LogP contribution < -0.4 is 5.32 Å². The molecule has 0 amide bonds. The molecule has 0 saturated carbocycles. The Labute approximate surface area is 112 Å². The van der Waals surface area contributed by atoms with Crippen LogP contribution in [0.3, 0.4) is 0 Å². The monoisotopic (exact) mass is 257 g/mol. The second-order valence-electron chi connectivity index (χ2n) is 5.61. The summed E-state index contributed by atoms with van der Waals surface area (Å²) >= 11 is 0. The molecule has 2 atom stereocenters. The average Bonchev–Trinajstić information content (AvgIpc) is 2.90. The summed E-state index contributed by atoms with van der Waals surface area (Å²) in [5.41, 5.74) is 1.14. The lowest BCUT2D eigenvalue weighted by atomic mass is 10.1. The number of imidazole rings is 1. The summed E-state index contributed by atoms with van der Waals surface area (Å²) in [6, 6.07) is 3.36. The lowest BCUT2D eigenvalue weighted by Crippen LogP contribution is -2.37. The third kappa shape index (κ3) is 2.03. The molecule has 2 aromatic heterocycles. The van der Waals surface area contributed by atoms with Gasteiger partial charge in [0.1, 0.15) is 0 Å². The van der Waals surface area contributed by atoms with Gasteiger partial charge in [0.25, 0.3) is 0 Å². The minimum absolute atomic E-state index is 0.685. The van der Waals surface area contributed by atoms with Crippen molar-refractivity contribution in [2.24, 2.45) is 0 Å². The van der Waals surface area contributed by atoms with Crippen LogP contribution in [0.15, 0.2) is 24.7 Å². The number of nitrogens with zero attached hydrogens (tertiary/aromatic N) is 4. The Morgan fingerprint density at radius 3 is 3.16 bits per heavy atom. The van der Waals surface area contributed by atoms with E-state index in [4.69, 9.17) is 0 Å². The van der Waals surface area contributed by atoms with Crippen molar-refractivity contribution < 1.29 is 0 Å². The second-order valence-corrected chi connectivity index (χ2v) is 5.61. The summed E-state index contributed by atoms with van der Waals surface area (Å²) in [7, 11) is 0. The Balaban J connectivity index is 1.60. The van der Waals surface area contributed by atoms with Crippen LogP contribution in [0.5, 0.6) is 0 Å². The van der Waals surface area contributed by atoms with Crippen LogP contribution >= 0.6 is 0 Å². The fourth-order valence-corrected chi connectivity index (χ4v) is 3.48. The summed E-state index contributed by atoms with van der Waals surface area (Å²) < 4.78 is 2.01. The molecule has 2 aliphatic heterocycles. The first kappa shape index (κ1) is 11.4. The van der Waals surface area contributed by atoms with Gasteiger partial charge < -0.3 is 5.32 Å². The van der Waals surface area contributed by atoms with Gasteiger partial charge in [-0.1, -0.05) is 0 Å². The average molecular weight is 257 g/mol. The molecule has 0 radical (unpaired) electrons. The van der Waals surface area contributed by atoms with E-state index in [1.165, 1.54) is 19.3 Å². The molecule has 4 rings (SSSR count). The smallest absolute Gasteiger partial charge is 0.233 e. The zero-order chi connectivity index (χ0) is 12.7. The molecular weight excluding hydrogens is 238 g/mol. The van der Waals surface area contributed by atoms with Crippen molar-refractivity contribution in [3.63, 3.8) is 0 Å². The standard InChI is InChI=1S/C14H19N5/c1-5-16-14-17-11(9-18(14)7-1)10-19-12-2-3-13(19)8-15-6-4-12/h1,5,7,9,12-13,15H,2-4,6,8,10H2. The second kappa shape index (κ2) is 4.58. The van der Waals surface area contributed by atoms with E-state index in [0.717, 1.165) is 37.1 Å². The fraction of sp³-hybridized carbons (Fsp3) is 0.571. The highest BCUT2D eigenvalue weighted by molar-refractivity contribution is 5.29. The van der Waals surface area contributed by atoms with Gasteiger partial charge in [-0.25, -0.2) is 9.97 Å². The van der Waals surface area contributed by atoms with Crippen LogP contribution in [-0.4, -0.2) is 44.4 Å². The Hall–Kier alpha value is -1.46. The molecule has 0 aliphatic carbocycles. The molecule has 2 saturated heterocycles. The molecule has 2 unspecified atom stereocenters. The van der Waals surface area contributed by atoms with Crippen molar-refractivity contribution in [2.75, 3.05) is 13.1 Å². The molecule has 2 bridgehead atoms. The molecule has 1 N–H and O–H groups in total. The maximum Gasteiger partial charge on any atom is 0.233 e. The van der Waals surface area contributed by atoms with Crippen molar-refractivity contribution in [2.45, 2.75) is 37.9 Å². The number of hydrogen-bond acceptors (Lipinski definition) is 4. The van der Waals surface area contributed by atoms with E-state index in [9.17, 15) is 0 Å². The molecule has 2 aromatic rings. The summed E-state index contributed by atoms with van der Waals surface area (Å²) in [5, 5.41) is 3.54. The number of rotatable bonds is 2. The SMILES string of the molecule is c1cnc2nc(CN3C4CCNCC3CC4)cn2c1. The highest BCUT2D eigenvalue weighted by Crippen LogP contribution is 2.29. The third-order valence-corrected chi connectivity index (χ3v) is 4.44. The van der Waals surface area contributed by atoms with E-state index in [2.05, 4.69) is 26.4 Å². The summed E-state index contributed by atoms with van der Waals surface area (Å²) in [5.74, 6) is 0.804. The van der Waals surface area contributed by atoms with Crippen LogP contribution in [0.1, 0.15) is 25.0 Å². The lowest BCUT2D eigenvalue weighted by Gasteiger charge is -2.26. The third-order valence-electron chi connectivity index (χ3n) is 4.44. The fourth-order valence-electron chi connectivity index (χ4n) is 3.48. The Morgan fingerprint density at radius 1 is 1.26 bits per heavy atom. The Kier molecular flexibility index (Phi) is 2.74. The van der Waals surface area contributed by atoms with Gasteiger partial charge in [0.05, 0.1) is 5.69 Å². The molecule has 0 spiro atoms. The largest absolute Gasteiger partial charge is 0.315 e. The van der Waals surface area contributed by atoms with Crippen molar-refractivity contribution in [1.82, 2.24) is 24.6 Å². The van der Waals surface area contributed by atoms with Crippen LogP contribution in [0.2, 0.25) is 0 Å². The van der Waals surface area contributed by atoms with Gasteiger partial charge in [0, 0.05) is 43.8 Å².